The quantitative estimate of drug-likeness (QED) is 0.577. The first kappa shape index (κ1) is 24.4. The molecule has 188 valence electrons. The summed E-state index contributed by atoms with van der Waals surface area (Å²) in [6.07, 6.45) is 7.85. The fourth-order valence-electron chi connectivity index (χ4n) is 5.28. The Balaban J connectivity index is 1.38. The van der Waals surface area contributed by atoms with Crippen molar-refractivity contribution >= 4 is 27.7 Å². The summed E-state index contributed by atoms with van der Waals surface area (Å²) >= 11 is 3.42. The molecular weight excluding hydrogens is 512 g/mol. The predicted octanol–water partition coefficient (Wildman–Crippen LogP) is 3.06. The number of likely N-dealkylation sites (tertiary alicyclic amines) is 1. The van der Waals surface area contributed by atoms with Crippen molar-refractivity contribution in [1.82, 2.24) is 30.2 Å². The Hall–Kier alpha value is -2.33. The van der Waals surface area contributed by atoms with Gasteiger partial charge >= 0.3 is 0 Å². The van der Waals surface area contributed by atoms with E-state index in [0.717, 1.165) is 48.0 Å². The molecule has 3 aliphatic rings. The molecule has 0 radical (unpaired) electrons. The summed E-state index contributed by atoms with van der Waals surface area (Å²) in [5, 5.41) is 22.3. The van der Waals surface area contributed by atoms with Gasteiger partial charge in [0.05, 0.1) is 23.0 Å². The van der Waals surface area contributed by atoms with Crippen LogP contribution in [0.4, 0.5) is 0 Å². The van der Waals surface area contributed by atoms with Gasteiger partial charge in [-0.1, -0.05) is 26.0 Å². The van der Waals surface area contributed by atoms with E-state index in [4.69, 9.17) is 0 Å². The van der Waals surface area contributed by atoms with Crippen LogP contribution in [0.1, 0.15) is 82.6 Å². The Morgan fingerprint density at radius 2 is 2.00 bits per heavy atom. The van der Waals surface area contributed by atoms with E-state index in [9.17, 15) is 14.7 Å². The van der Waals surface area contributed by atoms with Gasteiger partial charge in [0.25, 0.3) is 0 Å². The molecule has 2 aromatic heterocycles. The average molecular weight is 545 g/mol. The lowest BCUT2D eigenvalue weighted by atomic mass is 9.74. The highest BCUT2D eigenvalue weighted by Gasteiger charge is 2.48. The number of β-amino-alcohol motifs (C(OH)–C–C–N with tert-alkyl or cyclic N) is 1. The topological polar surface area (TPSA) is 113 Å². The molecule has 0 aromatic carbocycles. The van der Waals surface area contributed by atoms with E-state index in [0.29, 0.717) is 5.92 Å². The SMILES string of the molecule is CC(C)(C)[C@@H](C(=O)N1CC(O)CC1C(=O)NC1(c2ccc(Br)cn2)CCC1)n1cc(C2CC2)nn1. The summed E-state index contributed by atoms with van der Waals surface area (Å²) in [6.45, 7) is 6.08. The Labute approximate surface area is 213 Å². The van der Waals surface area contributed by atoms with Gasteiger partial charge in [0.15, 0.2) is 0 Å². The number of nitrogens with zero attached hydrogens (tertiary/aromatic N) is 5. The Bertz CT molecular complexity index is 1100. The van der Waals surface area contributed by atoms with E-state index in [2.05, 4.69) is 36.5 Å². The van der Waals surface area contributed by atoms with Gasteiger partial charge in [0, 0.05) is 35.7 Å². The number of hydrogen-bond donors (Lipinski definition) is 2. The fourth-order valence-corrected chi connectivity index (χ4v) is 5.51. The van der Waals surface area contributed by atoms with E-state index in [1.807, 2.05) is 39.1 Å². The molecule has 0 bridgehead atoms. The van der Waals surface area contributed by atoms with E-state index in [1.54, 1.807) is 10.9 Å². The van der Waals surface area contributed by atoms with Gasteiger partial charge in [-0.25, -0.2) is 4.68 Å². The van der Waals surface area contributed by atoms with Crippen molar-refractivity contribution < 1.29 is 14.7 Å². The van der Waals surface area contributed by atoms with Crippen LogP contribution >= 0.6 is 15.9 Å². The van der Waals surface area contributed by atoms with Crippen LogP contribution in [0.2, 0.25) is 0 Å². The van der Waals surface area contributed by atoms with Gasteiger partial charge in [0.2, 0.25) is 11.8 Å². The molecule has 2 aromatic rings. The van der Waals surface area contributed by atoms with Crippen molar-refractivity contribution in [2.75, 3.05) is 6.54 Å². The van der Waals surface area contributed by atoms with Crippen molar-refractivity contribution in [3.05, 3.63) is 40.4 Å². The standard InChI is InChI=1S/C25H33BrN6O3/c1-24(2,3)21(32-14-18(29-30-32)15-5-6-15)23(35)31-13-17(33)11-19(31)22(34)28-25(9-4-10-25)20-8-7-16(26)12-27-20/h7-8,12,14-15,17,19,21,33H,4-6,9-11,13H2,1-3H3,(H,28,34)/t17?,19?,21-/m1/s1. The lowest BCUT2D eigenvalue weighted by Crippen LogP contribution is -2.57. The third-order valence-electron chi connectivity index (χ3n) is 7.49. The highest BCUT2D eigenvalue weighted by molar-refractivity contribution is 9.10. The molecule has 1 saturated heterocycles. The van der Waals surface area contributed by atoms with Crippen LogP contribution in [0.25, 0.3) is 0 Å². The van der Waals surface area contributed by atoms with Gasteiger partial charge < -0.3 is 15.3 Å². The molecular formula is C25H33BrN6O3. The first-order valence-corrected chi connectivity index (χ1v) is 13.2. The molecule has 2 aliphatic carbocycles. The second-order valence-corrected chi connectivity index (χ2v) is 12.3. The number of halogens is 1. The van der Waals surface area contributed by atoms with E-state index >= 15 is 0 Å². The molecule has 35 heavy (non-hydrogen) atoms. The zero-order chi connectivity index (χ0) is 25.0. The summed E-state index contributed by atoms with van der Waals surface area (Å²) in [5.74, 6) is -0.0346. The number of hydrogen-bond acceptors (Lipinski definition) is 6. The maximum atomic E-state index is 13.9. The first-order valence-electron chi connectivity index (χ1n) is 12.4. The fraction of sp³-hybridized carbons (Fsp3) is 0.640. The average Bonchev–Trinajstić information content (AvgIpc) is 3.37. The van der Waals surface area contributed by atoms with Crippen molar-refractivity contribution in [3.8, 4) is 0 Å². The van der Waals surface area contributed by atoms with Crippen LogP contribution in [-0.4, -0.2) is 60.5 Å². The van der Waals surface area contributed by atoms with Gasteiger partial charge in [-0.05, 0) is 65.6 Å². The number of nitrogens with one attached hydrogen (secondary N) is 1. The van der Waals surface area contributed by atoms with E-state index in [-0.39, 0.29) is 24.8 Å². The Morgan fingerprint density at radius 1 is 1.26 bits per heavy atom. The Kier molecular flexibility index (Phi) is 6.24. The second kappa shape index (κ2) is 8.96. The van der Waals surface area contributed by atoms with Crippen molar-refractivity contribution in [2.45, 2.75) is 88.9 Å². The second-order valence-electron chi connectivity index (χ2n) is 11.3. The summed E-state index contributed by atoms with van der Waals surface area (Å²) in [7, 11) is 0. The molecule has 10 heteroatoms. The van der Waals surface area contributed by atoms with Gasteiger partial charge in [-0.2, -0.15) is 0 Å². The van der Waals surface area contributed by atoms with Crippen LogP contribution in [0, 0.1) is 5.41 Å². The number of carbonyl (C=O) groups is 2. The van der Waals surface area contributed by atoms with Crippen LogP contribution in [0.3, 0.4) is 0 Å². The molecule has 5 rings (SSSR count). The molecule has 2 saturated carbocycles. The zero-order valence-electron chi connectivity index (χ0n) is 20.4. The van der Waals surface area contributed by atoms with Gasteiger partial charge in [-0.3, -0.25) is 14.6 Å². The minimum atomic E-state index is -0.753. The predicted molar refractivity (Wildman–Crippen MR) is 132 cm³/mol. The van der Waals surface area contributed by atoms with Crippen LogP contribution in [0.5, 0.6) is 0 Å². The molecule has 2 unspecified atom stereocenters. The van der Waals surface area contributed by atoms with Gasteiger partial charge in [-0.15, -0.1) is 5.10 Å². The molecule has 3 atom stereocenters. The number of rotatable bonds is 6. The zero-order valence-corrected chi connectivity index (χ0v) is 22.0. The van der Waals surface area contributed by atoms with Crippen LogP contribution < -0.4 is 5.32 Å². The number of pyridine rings is 1. The van der Waals surface area contributed by atoms with E-state index in [1.165, 1.54) is 4.90 Å². The number of aliphatic hydroxyl groups is 1. The van der Waals surface area contributed by atoms with Crippen molar-refractivity contribution in [3.63, 3.8) is 0 Å². The summed E-state index contributed by atoms with van der Waals surface area (Å²) in [4.78, 5) is 33.6. The van der Waals surface area contributed by atoms with Crippen molar-refractivity contribution in [2.24, 2.45) is 5.41 Å². The number of aromatic nitrogens is 4. The smallest absolute Gasteiger partial charge is 0.248 e. The van der Waals surface area contributed by atoms with Gasteiger partial charge in [0.1, 0.15) is 12.1 Å². The molecule has 1 aliphatic heterocycles. The Morgan fingerprint density at radius 3 is 2.57 bits per heavy atom. The van der Waals surface area contributed by atoms with Crippen LogP contribution in [0.15, 0.2) is 29.0 Å². The summed E-state index contributed by atoms with van der Waals surface area (Å²) in [6, 6.07) is 2.47. The minimum Gasteiger partial charge on any atom is -0.391 e. The van der Waals surface area contributed by atoms with Crippen molar-refractivity contribution in [1.29, 1.82) is 0 Å². The van der Waals surface area contributed by atoms with Crippen LogP contribution in [-0.2, 0) is 15.1 Å². The maximum Gasteiger partial charge on any atom is 0.248 e. The third-order valence-corrected chi connectivity index (χ3v) is 7.96. The summed E-state index contributed by atoms with van der Waals surface area (Å²) < 4.78 is 2.53. The molecule has 3 fully saturated rings. The third kappa shape index (κ3) is 4.74. The molecule has 9 nitrogen and oxygen atoms in total. The molecule has 3 heterocycles. The first-order chi connectivity index (χ1) is 16.6. The lowest BCUT2D eigenvalue weighted by molar-refractivity contribution is -0.145. The highest BCUT2D eigenvalue weighted by Crippen LogP contribution is 2.42. The number of amides is 2. The normalized spacial score (nSPS) is 24.7. The monoisotopic (exact) mass is 544 g/mol. The lowest BCUT2D eigenvalue weighted by Gasteiger charge is -2.43. The largest absolute Gasteiger partial charge is 0.391 e. The van der Waals surface area contributed by atoms with E-state index < -0.39 is 29.1 Å². The number of aliphatic hydroxyl groups excluding tert-OH is 1. The number of carbonyl (C=O) groups excluding carboxylic acids is 2. The molecule has 2 amide bonds. The minimum absolute atomic E-state index is 0.122. The summed E-state index contributed by atoms with van der Waals surface area (Å²) in [5.41, 5.74) is 0.738. The molecule has 0 spiro atoms. The molecule has 2 N–H and O–H groups in total. The maximum absolute atomic E-state index is 13.9. The highest BCUT2D eigenvalue weighted by atomic mass is 79.9.